The molecule has 3 heterocycles. The standard InChI is InChI=1S/C19H20BrN5O3/c1-22-15-14(17(27)23(2)19(22)28)21-18(20)25(15)11-12-8-9-24(10-12)16(26)13-6-4-3-5-7-13/h3-7,12H,8-11H2,1-2H3/t12-/m0/s1. The zero-order chi connectivity index (χ0) is 20.0. The van der Waals surface area contributed by atoms with E-state index in [9.17, 15) is 14.4 Å². The van der Waals surface area contributed by atoms with Crippen LogP contribution in [0, 0.1) is 5.92 Å². The summed E-state index contributed by atoms with van der Waals surface area (Å²) < 4.78 is 4.85. The van der Waals surface area contributed by atoms with Crippen molar-refractivity contribution in [1.29, 1.82) is 0 Å². The Bertz CT molecular complexity index is 1180. The van der Waals surface area contributed by atoms with Crippen molar-refractivity contribution >= 4 is 33.0 Å². The number of nitrogens with zero attached hydrogens (tertiary/aromatic N) is 5. The Kier molecular flexibility index (Phi) is 4.70. The van der Waals surface area contributed by atoms with Crippen molar-refractivity contribution in [2.24, 2.45) is 20.0 Å². The Hall–Kier alpha value is -2.68. The van der Waals surface area contributed by atoms with E-state index in [2.05, 4.69) is 20.9 Å². The third-order valence-electron chi connectivity index (χ3n) is 5.33. The predicted octanol–water partition coefficient (Wildman–Crippen LogP) is 1.36. The SMILES string of the molecule is Cn1c(=O)c2nc(Br)n(C[C@H]3CCN(C(=O)c4ccccc4)C3)c2n(C)c1=O. The van der Waals surface area contributed by atoms with Crippen molar-refractivity contribution < 1.29 is 4.79 Å². The van der Waals surface area contributed by atoms with Gasteiger partial charge in [-0.15, -0.1) is 0 Å². The van der Waals surface area contributed by atoms with E-state index in [1.165, 1.54) is 11.6 Å². The Labute approximate surface area is 169 Å². The molecule has 4 rings (SSSR count). The molecule has 1 aromatic carbocycles. The Morgan fingerprint density at radius 3 is 2.61 bits per heavy atom. The second kappa shape index (κ2) is 7.05. The summed E-state index contributed by atoms with van der Waals surface area (Å²) in [4.78, 5) is 43.6. The molecule has 1 aliphatic rings. The molecule has 28 heavy (non-hydrogen) atoms. The fraction of sp³-hybridized carbons (Fsp3) is 0.368. The van der Waals surface area contributed by atoms with Gasteiger partial charge >= 0.3 is 5.69 Å². The summed E-state index contributed by atoms with van der Waals surface area (Å²) in [5, 5.41) is 0. The molecule has 1 atom stereocenters. The maximum Gasteiger partial charge on any atom is 0.332 e. The van der Waals surface area contributed by atoms with Crippen molar-refractivity contribution in [2.75, 3.05) is 13.1 Å². The Morgan fingerprint density at radius 1 is 1.18 bits per heavy atom. The number of benzene rings is 1. The lowest BCUT2D eigenvalue weighted by Gasteiger charge is -2.17. The van der Waals surface area contributed by atoms with Gasteiger partial charge in [0.15, 0.2) is 15.9 Å². The molecule has 0 radical (unpaired) electrons. The minimum Gasteiger partial charge on any atom is -0.338 e. The number of hydrogen-bond acceptors (Lipinski definition) is 4. The summed E-state index contributed by atoms with van der Waals surface area (Å²) in [6.07, 6.45) is 0.851. The predicted molar refractivity (Wildman–Crippen MR) is 108 cm³/mol. The van der Waals surface area contributed by atoms with Crippen molar-refractivity contribution in [3.63, 3.8) is 0 Å². The molecule has 0 spiro atoms. The number of aryl methyl sites for hydroxylation is 1. The third-order valence-corrected chi connectivity index (χ3v) is 5.93. The molecule has 146 valence electrons. The highest BCUT2D eigenvalue weighted by atomic mass is 79.9. The molecule has 0 bridgehead atoms. The first-order valence-corrected chi connectivity index (χ1v) is 9.84. The van der Waals surface area contributed by atoms with Crippen LogP contribution in [0.2, 0.25) is 0 Å². The maximum absolute atomic E-state index is 12.7. The van der Waals surface area contributed by atoms with Crippen LogP contribution in [-0.4, -0.2) is 42.6 Å². The summed E-state index contributed by atoms with van der Waals surface area (Å²) >= 11 is 3.42. The first-order valence-electron chi connectivity index (χ1n) is 9.04. The average Bonchev–Trinajstić information content (AvgIpc) is 3.30. The molecular weight excluding hydrogens is 426 g/mol. The largest absolute Gasteiger partial charge is 0.338 e. The maximum atomic E-state index is 12.7. The number of carbonyl (C=O) groups is 1. The molecule has 0 N–H and O–H groups in total. The minimum atomic E-state index is -0.412. The topological polar surface area (TPSA) is 82.1 Å². The molecule has 0 aliphatic carbocycles. The molecule has 3 aromatic rings. The quantitative estimate of drug-likeness (QED) is 0.569. The first kappa shape index (κ1) is 18.7. The third kappa shape index (κ3) is 2.99. The van der Waals surface area contributed by atoms with E-state index >= 15 is 0 Å². The van der Waals surface area contributed by atoms with Crippen LogP contribution in [0.25, 0.3) is 11.2 Å². The number of likely N-dealkylation sites (tertiary alicyclic amines) is 1. The minimum absolute atomic E-state index is 0.0268. The molecule has 1 amide bonds. The summed E-state index contributed by atoms with van der Waals surface area (Å²) in [7, 11) is 3.08. The average molecular weight is 446 g/mol. The number of aromatic nitrogens is 4. The lowest BCUT2D eigenvalue weighted by molar-refractivity contribution is 0.0786. The molecule has 0 saturated carbocycles. The van der Waals surface area contributed by atoms with Gasteiger partial charge in [-0.2, -0.15) is 0 Å². The van der Waals surface area contributed by atoms with E-state index in [1.54, 1.807) is 7.05 Å². The van der Waals surface area contributed by atoms with Crippen LogP contribution in [0.5, 0.6) is 0 Å². The van der Waals surface area contributed by atoms with Crippen molar-refractivity contribution in [2.45, 2.75) is 13.0 Å². The van der Waals surface area contributed by atoms with Crippen LogP contribution < -0.4 is 11.2 Å². The molecule has 0 unspecified atom stereocenters. The number of rotatable bonds is 3. The highest BCUT2D eigenvalue weighted by Gasteiger charge is 2.29. The zero-order valence-corrected chi connectivity index (χ0v) is 17.2. The van der Waals surface area contributed by atoms with Crippen LogP contribution in [0.3, 0.4) is 0 Å². The number of fused-ring (bicyclic) bond motifs is 1. The van der Waals surface area contributed by atoms with Crippen molar-refractivity contribution in [3.8, 4) is 0 Å². The van der Waals surface area contributed by atoms with E-state index < -0.39 is 11.2 Å². The first-order chi connectivity index (χ1) is 13.4. The van der Waals surface area contributed by atoms with Gasteiger partial charge in [-0.25, -0.2) is 9.78 Å². The molecule has 2 aromatic heterocycles. The highest BCUT2D eigenvalue weighted by molar-refractivity contribution is 9.10. The van der Waals surface area contributed by atoms with Crippen LogP contribution in [0.1, 0.15) is 16.8 Å². The van der Waals surface area contributed by atoms with E-state index in [0.717, 1.165) is 11.0 Å². The van der Waals surface area contributed by atoms with Crippen LogP contribution >= 0.6 is 15.9 Å². The molecular formula is C19H20BrN5O3. The van der Waals surface area contributed by atoms with E-state index in [-0.39, 0.29) is 17.3 Å². The Balaban J connectivity index is 1.62. The molecule has 1 fully saturated rings. The van der Waals surface area contributed by atoms with Gasteiger partial charge < -0.3 is 9.47 Å². The summed E-state index contributed by atoms with van der Waals surface area (Å²) in [5.41, 5.74) is 0.631. The van der Waals surface area contributed by atoms with Crippen LogP contribution in [0.4, 0.5) is 0 Å². The normalized spacial score (nSPS) is 16.8. The summed E-state index contributed by atoms with van der Waals surface area (Å²) in [5.74, 6) is 0.236. The highest BCUT2D eigenvalue weighted by Crippen LogP contribution is 2.24. The Morgan fingerprint density at radius 2 is 1.89 bits per heavy atom. The van der Waals surface area contributed by atoms with Crippen LogP contribution in [-0.2, 0) is 20.6 Å². The second-order valence-electron chi connectivity index (χ2n) is 7.14. The number of hydrogen-bond donors (Lipinski definition) is 0. The molecule has 9 heteroatoms. The number of imidazole rings is 1. The van der Waals surface area contributed by atoms with Gasteiger partial charge in [0.05, 0.1) is 0 Å². The van der Waals surface area contributed by atoms with Crippen LogP contribution in [0.15, 0.2) is 44.7 Å². The van der Waals surface area contributed by atoms with Gasteiger partial charge in [-0.3, -0.25) is 18.7 Å². The van der Waals surface area contributed by atoms with E-state index in [1.807, 2.05) is 39.8 Å². The van der Waals surface area contributed by atoms with Gasteiger partial charge in [-0.05, 0) is 40.4 Å². The smallest absolute Gasteiger partial charge is 0.332 e. The number of carbonyl (C=O) groups excluding carboxylic acids is 1. The molecule has 8 nitrogen and oxygen atoms in total. The monoisotopic (exact) mass is 445 g/mol. The summed E-state index contributed by atoms with van der Waals surface area (Å²) in [6, 6.07) is 9.25. The van der Waals surface area contributed by atoms with Gasteiger partial charge in [-0.1, -0.05) is 18.2 Å². The fourth-order valence-corrected chi connectivity index (χ4v) is 4.30. The summed E-state index contributed by atoms with van der Waals surface area (Å²) in [6.45, 7) is 1.87. The van der Waals surface area contributed by atoms with Crippen molar-refractivity contribution in [3.05, 3.63) is 61.5 Å². The second-order valence-corrected chi connectivity index (χ2v) is 7.85. The lowest BCUT2D eigenvalue weighted by atomic mass is 10.1. The number of amides is 1. The van der Waals surface area contributed by atoms with Gasteiger partial charge in [0.25, 0.3) is 11.5 Å². The zero-order valence-electron chi connectivity index (χ0n) is 15.6. The van der Waals surface area contributed by atoms with Gasteiger partial charge in [0, 0.05) is 39.3 Å². The molecule has 1 saturated heterocycles. The number of halogens is 1. The lowest BCUT2D eigenvalue weighted by Crippen LogP contribution is -2.37. The van der Waals surface area contributed by atoms with E-state index in [4.69, 9.17) is 0 Å². The van der Waals surface area contributed by atoms with Gasteiger partial charge in [0.1, 0.15) is 0 Å². The van der Waals surface area contributed by atoms with Gasteiger partial charge in [0.2, 0.25) is 0 Å². The molecule has 1 aliphatic heterocycles. The van der Waals surface area contributed by atoms with Crippen molar-refractivity contribution in [1.82, 2.24) is 23.6 Å². The fourth-order valence-electron chi connectivity index (χ4n) is 3.81. The van der Waals surface area contributed by atoms with E-state index in [0.29, 0.717) is 35.6 Å².